The van der Waals surface area contributed by atoms with Crippen molar-refractivity contribution in [1.82, 2.24) is 5.32 Å². The minimum Gasteiger partial charge on any atom is -0.489 e. The molecule has 0 radical (unpaired) electrons. The topological polar surface area (TPSA) is 50.8 Å². The summed E-state index contributed by atoms with van der Waals surface area (Å²) >= 11 is 0. The minimum absolute atomic E-state index is 0.0110. The van der Waals surface area contributed by atoms with Crippen LogP contribution in [0.15, 0.2) is 78.9 Å². The van der Waals surface area contributed by atoms with Crippen molar-refractivity contribution in [3.63, 3.8) is 0 Å². The lowest BCUT2D eigenvalue weighted by Gasteiger charge is -2.20. The van der Waals surface area contributed by atoms with Gasteiger partial charge in [-0.2, -0.15) is 0 Å². The fourth-order valence-corrected chi connectivity index (χ4v) is 3.97. The van der Waals surface area contributed by atoms with Crippen molar-refractivity contribution in [3.05, 3.63) is 90.0 Å². The molecule has 3 aromatic carbocycles. The van der Waals surface area contributed by atoms with Crippen molar-refractivity contribution in [2.24, 2.45) is 0 Å². The van der Waals surface area contributed by atoms with E-state index in [1.807, 2.05) is 61.5 Å². The van der Waals surface area contributed by atoms with Gasteiger partial charge in [-0.05, 0) is 54.4 Å². The lowest BCUT2D eigenvalue weighted by Crippen LogP contribution is -2.24. The van der Waals surface area contributed by atoms with Crippen molar-refractivity contribution in [2.45, 2.75) is 39.0 Å². The Balaban J connectivity index is 1.27. The van der Waals surface area contributed by atoms with Gasteiger partial charge in [0.2, 0.25) is 5.91 Å². The molecule has 5 heteroatoms. The van der Waals surface area contributed by atoms with E-state index in [4.69, 9.17) is 9.47 Å². The molecule has 2 atom stereocenters. The normalized spacial score (nSPS) is 16.4. The van der Waals surface area contributed by atoms with E-state index in [1.165, 1.54) is 12.6 Å². The third kappa shape index (κ3) is 5.82. The number of carbonyl (C=O) groups excluding carboxylic acids is 1. The number of amides is 1. The molecule has 1 aliphatic rings. The number of nitrogens with one attached hydrogen (secondary N) is 1. The Morgan fingerprint density at radius 3 is 2.38 bits per heavy atom. The van der Waals surface area contributed by atoms with Gasteiger partial charge in [0.1, 0.15) is 24.2 Å². The SMILES string of the molecule is CC(=O)N[C@@H](C)c1ccc(OC2CCN(c3ccc(OCc4ccccc4)cc3)C2)cc1. The second kappa shape index (κ2) is 10.2. The monoisotopic (exact) mass is 430 g/mol. The molecule has 32 heavy (non-hydrogen) atoms. The standard InChI is InChI=1S/C27H30N2O3/c1-20(28-21(2)30)23-8-12-26(13-9-23)32-27-16-17-29(18-27)24-10-14-25(15-11-24)31-19-22-6-4-3-5-7-22/h3-15,20,27H,16-19H2,1-2H3,(H,28,30)/t20-,27?/m0/s1. The summed E-state index contributed by atoms with van der Waals surface area (Å²) in [6, 6.07) is 26.4. The highest BCUT2D eigenvalue weighted by atomic mass is 16.5. The number of hydrogen-bond donors (Lipinski definition) is 1. The summed E-state index contributed by atoms with van der Waals surface area (Å²) in [4.78, 5) is 13.6. The highest BCUT2D eigenvalue weighted by Gasteiger charge is 2.24. The Morgan fingerprint density at radius 2 is 1.69 bits per heavy atom. The van der Waals surface area contributed by atoms with Crippen molar-refractivity contribution in [3.8, 4) is 11.5 Å². The van der Waals surface area contributed by atoms with E-state index in [-0.39, 0.29) is 18.1 Å². The molecule has 1 heterocycles. The molecule has 1 saturated heterocycles. The van der Waals surface area contributed by atoms with Crippen LogP contribution in [0.5, 0.6) is 11.5 Å². The highest BCUT2D eigenvalue weighted by molar-refractivity contribution is 5.73. The first-order valence-corrected chi connectivity index (χ1v) is 11.1. The van der Waals surface area contributed by atoms with Crippen LogP contribution in [0.1, 0.15) is 37.4 Å². The number of ether oxygens (including phenoxy) is 2. The van der Waals surface area contributed by atoms with Gasteiger partial charge in [-0.25, -0.2) is 0 Å². The molecule has 5 nitrogen and oxygen atoms in total. The number of nitrogens with zero attached hydrogens (tertiary/aromatic N) is 1. The Kier molecular flexibility index (Phi) is 6.95. The van der Waals surface area contributed by atoms with Crippen molar-refractivity contribution in [1.29, 1.82) is 0 Å². The predicted molar refractivity (Wildman–Crippen MR) is 127 cm³/mol. The Bertz CT molecular complexity index is 1000. The maximum atomic E-state index is 11.2. The zero-order chi connectivity index (χ0) is 22.3. The third-order valence-electron chi connectivity index (χ3n) is 5.70. The summed E-state index contributed by atoms with van der Waals surface area (Å²) in [5.41, 5.74) is 3.41. The second-order valence-corrected chi connectivity index (χ2v) is 8.23. The van der Waals surface area contributed by atoms with Gasteiger partial charge >= 0.3 is 0 Å². The summed E-state index contributed by atoms with van der Waals surface area (Å²) < 4.78 is 12.1. The number of hydrogen-bond acceptors (Lipinski definition) is 4. The fraction of sp³-hybridized carbons (Fsp3) is 0.296. The summed E-state index contributed by atoms with van der Waals surface area (Å²) in [5.74, 6) is 1.71. The van der Waals surface area contributed by atoms with Gasteiger partial charge in [-0.15, -0.1) is 0 Å². The maximum Gasteiger partial charge on any atom is 0.217 e. The Morgan fingerprint density at radius 1 is 1.00 bits per heavy atom. The van der Waals surface area contributed by atoms with Crippen molar-refractivity contribution in [2.75, 3.05) is 18.0 Å². The average molecular weight is 431 g/mol. The molecule has 3 aromatic rings. The van der Waals surface area contributed by atoms with Gasteiger partial charge in [0.15, 0.2) is 0 Å². The Labute approximate surface area is 190 Å². The molecule has 1 amide bonds. The van der Waals surface area contributed by atoms with Crippen LogP contribution < -0.4 is 19.7 Å². The number of benzene rings is 3. The van der Waals surface area contributed by atoms with Crippen LogP contribution in [0.4, 0.5) is 5.69 Å². The van der Waals surface area contributed by atoms with E-state index >= 15 is 0 Å². The zero-order valence-corrected chi connectivity index (χ0v) is 18.7. The second-order valence-electron chi connectivity index (χ2n) is 8.23. The minimum atomic E-state index is -0.0281. The van der Waals surface area contributed by atoms with E-state index < -0.39 is 0 Å². The van der Waals surface area contributed by atoms with Gasteiger partial charge in [-0.3, -0.25) is 4.79 Å². The molecule has 0 aromatic heterocycles. The van der Waals surface area contributed by atoms with Gasteiger partial charge in [0, 0.05) is 25.6 Å². The number of carbonyl (C=O) groups is 1. The van der Waals surface area contributed by atoms with Crippen LogP contribution >= 0.6 is 0 Å². The summed E-state index contributed by atoms with van der Waals surface area (Å²) in [7, 11) is 0. The van der Waals surface area contributed by atoms with Crippen LogP contribution in [0.2, 0.25) is 0 Å². The first kappa shape index (κ1) is 21.8. The van der Waals surface area contributed by atoms with E-state index in [9.17, 15) is 4.79 Å². The zero-order valence-electron chi connectivity index (χ0n) is 18.7. The van der Waals surface area contributed by atoms with Gasteiger partial charge < -0.3 is 19.7 Å². The van der Waals surface area contributed by atoms with Crippen LogP contribution in [0.3, 0.4) is 0 Å². The molecule has 1 aliphatic heterocycles. The largest absolute Gasteiger partial charge is 0.489 e. The maximum absolute atomic E-state index is 11.2. The molecule has 1 fully saturated rings. The van der Waals surface area contributed by atoms with Crippen LogP contribution in [-0.4, -0.2) is 25.1 Å². The van der Waals surface area contributed by atoms with E-state index in [0.717, 1.165) is 42.1 Å². The molecule has 1 N–H and O–H groups in total. The first-order valence-electron chi connectivity index (χ1n) is 11.1. The lowest BCUT2D eigenvalue weighted by atomic mass is 10.1. The average Bonchev–Trinajstić information content (AvgIpc) is 3.27. The highest BCUT2D eigenvalue weighted by Crippen LogP contribution is 2.26. The smallest absolute Gasteiger partial charge is 0.217 e. The summed E-state index contributed by atoms with van der Waals surface area (Å²) in [5, 5.41) is 2.90. The van der Waals surface area contributed by atoms with Crippen LogP contribution in [0.25, 0.3) is 0 Å². The van der Waals surface area contributed by atoms with E-state index in [0.29, 0.717) is 6.61 Å². The van der Waals surface area contributed by atoms with Gasteiger partial charge in [0.25, 0.3) is 0 Å². The molecule has 0 bridgehead atoms. The van der Waals surface area contributed by atoms with Crippen LogP contribution in [0, 0.1) is 0 Å². The van der Waals surface area contributed by atoms with Crippen LogP contribution in [-0.2, 0) is 11.4 Å². The fourth-order valence-electron chi connectivity index (χ4n) is 3.97. The lowest BCUT2D eigenvalue weighted by molar-refractivity contribution is -0.119. The first-order chi connectivity index (χ1) is 15.6. The molecular weight excluding hydrogens is 400 g/mol. The quantitative estimate of drug-likeness (QED) is 0.539. The molecule has 4 rings (SSSR count). The third-order valence-corrected chi connectivity index (χ3v) is 5.70. The molecule has 0 saturated carbocycles. The van der Waals surface area contributed by atoms with E-state index in [1.54, 1.807) is 0 Å². The van der Waals surface area contributed by atoms with Gasteiger partial charge in [0.05, 0.1) is 12.6 Å². The summed E-state index contributed by atoms with van der Waals surface area (Å²) in [6.07, 6.45) is 1.14. The van der Waals surface area contributed by atoms with Crippen molar-refractivity contribution >= 4 is 11.6 Å². The summed E-state index contributed by atoms with van der Waals surface area (Å²) in [6.45, 7) is 5.90. The molecule has 166 valence electrons. The molecule has 1 unspecified atom stereocenters. The number of rotatable bonds is 8. The Hall–Kier alpha value is -3.47. The number of anilines is 1. The molecular formula is C27H30N2O3. The van der Waals surface area contributed by atoms with Crippen molar-refractivity contribution < 1.29 is 14.3 Å². The molecule has 0 spiro atoms. The molecule has 0 aliphatic carbocycles. The predicted octanol–water partition coefficient (Wildman–Crippen LogP) is 5.12. The van der Waals surface area contributed by atoms with E-state index in [2.05, 4.69) is 34.5 Å². The van der Waals surface area contributed by atoms with Gasteiger partial charge in [-0.1, -0.05) is 42.5 Å².